The first-order valence-electron chi connectivity index (χ1n) is 11.6. The number of aryl methyl sites for hydroxylation is 2. The van der Waals surface area contributed by atoms with Gasteiger partial charge in [0.25, 0.3) is 0 Å². The van der Waals surface area contributed by atoms with E-state index in [0.717, 1.165) is 27.8 Å². The minimum absolute atomic E-state index is 0.170. The van der Waals surface area contributed by atoms with E-state index < -0.39 is 6.16 Å². The number of halogens is 2. The Bertz CT molecular complexity index is 1580. The molecule has 0 radical (unpaired) electrons. The van der Waals surface area contributed by atoms with Crippen LogP contribution < -0.4 is 10.3 Å². The van der Waals surface area contributed by atoms with Crippen molar-refractivity contribution in [3.8, 4) is 16.9 Å². The van der Waals surface area contributed by atoms with E-state index in [1.807, 2.05) is 43.3 Å². The molecule has 0 aliphatic heterocycles. The largest absolute Gasteiger partial charge is 0.511 e. The zero-order chi connectivity index (χ0) is 27.4. The average Bonchev–Trinajstić information content (AvgIpc) is 2.87. The standard InChI is InChI=1S/C29H24Cl2N2O5/c1-17-13-22(38-29(35)36)9-11-23(17)18-3-5-19(6-4-18)25(24-10-8-21(30)14-26(24)31)15-27(32-37)20-7-12-28(34)33(2)16-20/h3-14,16,25,37H,15H2,1-2H3,(H,35,36)/b32-27+. The zero-order valence-electron chi connectivity index (χ0n) is 20.6. The molecule has 38 heavy (non-hydrogen) atoms. The van der Waals surface area contributed by atoms with Crippen LogP contribution in [-0.4, -0.2) is 26.7 Å². The van der Waals surface area contributed by atoms with E-state index in [2.05, 4.69) is 5.16 Å². The fourth-order valence-electron chi connectivity index (χ4n) is 4.39. The van der Waals surface area contributed by atoms with Gasteiger partial charge in [0.2, 0.25) is 5.56 Å². The van der Waals surface area contributed by atoms with Crippen molar-refractivity contribution in [2.24, 2.45) is 12.2 Å². The number of oxime groups is 1. The number of carbonyl (C=O) groups is 1. The van der Waals surface area contributed by atoms with Crippen molar-refractivity contribution in [2.75, 3.05) is 0 Å². The van der Waals surface area contributed by atoms with E-state index in [4.69, 9.17) is 33.0 Å². The molecule has 0 saturated heterocycles. The molecule has 4 aromatic rings. The van der Waals surface area contributed by atoms with E-state index in [0.29, 0.717) is 27.7 Å². The van der Waals surface area contributed by atoms with Crippen molar-refractivity contribution in [1.82, 2.24) is 4.57 Å². The molecule has 2 N–H and O–H groups in total. The molecule has 0 fully saturated rings. The Morgan fingerprint density at radius 2 is 1.76 bits per heavy atom. The van der Waals surface area contributed by atoms with E-state index in [9.17, 15) is 14.8 Å². The van der Waals surface area contributed by atoms with Gasteiger partial charge in [0.1, 0.15) is 5.75 Å². The normalized spacial score (nSPS) is 12.3. The predicted octanol–water partition coefficient (Wildman–Crippen LogP) is 7.12. The van der Waals surface area contributed by atoms with Gasteiger partial charge in [0.15, 0.2) is 0 Å². The quantitative estimate of drug-likeness (QED) is 0.0837. The second-order valence-corrected chi connectivity index (χ2v) is 9.65. The molecule has 0 amide bonds. The molecular formula is C29H24Cl2N2O5. The lowest BCUT2D eigenvalue weighted by atomic mass is 9.84. The zero-order valence-corrected chi connectivity index (χ0v) is 22.1. The predicted molar refractivity (Wildman–Crippen MR) is 148 cm³/mol. The SMILES string of the molecule is Cc1cc(OC(=O)O)ccc1-c1ccc(C(C/C(=N\O)c2ccc(=O)n(C)c2)c2ccc(Cl)cc2Cl)cc1. The molecule has 1 unspecified atom stereocenters. The van der Waals surface area contributed by atoms with Crippen molar-refractivity contribution < 1.29 is 19.8 Å². The lowest BCUT2D eigenvalue weighted by Gasteiger charge is -2.21. The molecule has 3 aromatic carbocycles. The molecule has 0 aliphatic rings. The maximum Gasteiger partial charge on any atom is 0.511 e. The summed E-state index contributed by atoms with van der Waals surface area (Å²) in [6, 6.07) is 21.3. The third kappa shape index (κ3) is 6.07. The summed E-state index contributed by atoms with van der Waals surface area (Å²) in [5.74, 6) is -0.0357. The Balaban J connectivity index is 1.72. The van der Waals surface area contributed by atoms with Crippen LogP contribution >= 0.6 is 23.2 Å². The third-order valence-corrected chi connectivity index (χ3v) is 6.86. The molecule has 9 heteroatoms. The van der Waals surface area contributed by atoms with Crippen LogP contribution in [0.2, 0.25) is 10.0 Å². The Morgan fingerprint density at radius 3 is 2.37 bits per heavy atom. The van der Waals surface area contributed by atoms with Crippen LogP contribution in [0.3, 0.4) is 0 Å². The Morgan fingerprint density at radius 1 is 1.03 bits per heavy atom. The molecule has 194 valence electrons. The fraction of sp³-hybridized carbons (Fsp3) is 0.138. The topological polar surface area (TPSA) is 101 Å². The molecule has 1 aromatic heterocycles. The highest BCUT2D eigenvalue weighted by Gasteiger charge is 2.22. The van der Waals surface area contributed by atoms with E-state index in [1.165, 1.54) is 10.6 Å². The molecular weight excluding hydrogens is 527 g/mol. The van der Waals surface area contributed by atoms with Gasteiger partial charge < -0.3 is 19.6 Å². The summed E-state index contributed by atoms with van der Waals surface area (Å²) >= 11 is 12.8. The number of aromatic nitrogens is 1. The van der Waals surface area contributed by atoms with E-state index in [1.54, 1.807) is 43.6 Å². The van der Waals surface area contributed by atoms with Crippen molar-refractivity contribution in [3.05, 3.63) is 122 Å². The Labute approximate surface area is 229 Å². The lowest BCUT2D eigenvalue weighted by Crippen LogP contribution is -2.18. The van der Waals surface area contributed by atoms with Crippen LogP contribution in [0.15, 0.2) is 88.9 Å². The van der Waals surface area contributed by atoms with Gasteiger partial charge in [-0.05, 0) is 65.1 Å². The van der Waals surface area contributed by atoms with Gasteiger partial charge in [-0.1, -0.05) is 64.8 Å². The molecule has 0 bridgehead atoms. The highest BCUT2D eigenvalue weighted by molar-refractivity contribution is 6.35. The van der Waals surface area contributed by atoms with E-state index >= 15 is 0 Å². The maximum atomic E-state index is 11.9. The first-order valence-corrected chi connectivity index (χ1v) is 12.4. The second-order valence-electron chi connectivity index (χ2n) is 8.80. The smallest absolute Gasteiger partial charge is 0.449 e. The number of benzene rings is 3. The van der Waals surface area contributed by atoms with Gasteiger partial charge in [-0.3, -0.25) is 4.79 Å². The summed E-state index contributed by atoms with van der Waals surface area (Å²) in [6.07, 6.45) is 0.564. The first-order chi connectivity index (χ1) is 18.2. The second kappa shape index (κ2) is 11.5. The number of nitrogens with zero attached hydrogens (tertiary/aromatic N) is 2. The van der Waals surface area contributed by atoms with Crippen LogP contribution in [0.1, 0.15) is 34.6 Å². The summed E-state index contributed by atoms with van der Waals surface area (Å²) in [4.78, 5) is 22.7. The highest BCUT2D eigenvalue weighted by atomic mass is 35.5. The van der Waals surface area contributed by atoms with Gasteiger partial charge in [-0.15, -0.1) is 0 Å². The number of carboxylic acid groups (broad SMARTS) is 1. The van der Waals surface area contributed by atoms with Crippen LogP contribution in [0.4, 0.5) is 4.79 Å². The average molecular weight is 551 g/mol. The monoisotopic (exact) mass is 550 g/mol. The first kappa shape index (κ1) is 27.0. The van der Waals surface area contributed by atoms with Crippen LogP contribution in [0.25, 0.3) is 11.1 Å². The number of ether oxygens (including phenoxy) is 1. The van der Waals surface area contributed by atoms with Gasteiger partial charge in [-0.2, -0.15) is 0 Å². The fourth-order valence-corrected chi connectivity index (χ4v) is 4.93. The van der Waals surface area contributed by atoms with Gasteiger partial charge in [-0.25, -0.2) is 4.79 Å². The van der Waals surface area contributed by atoms with Crippen LogP contribution in [-0.2, 0) is 7.05 Å². The Kier molecular flexibility index (Phi) is 8.20. The minimum Gasteiger partial charge on any atom is -0.449 e. The molecule has 1 heterocycles. The van der Waals surface area contributed by atoms with Crippen molar-refractivity contribution >= 4 is 35.1 Å². The number of pyridine rings is 1. The van der Waals surface area contributed by atoms with Crippen molar-refractivity contribution in [3.63, 3.8) is 0 Å². The summed E-state index contributed by atoms with van der Waals surface area (Å²) in [5.41, 5.74) is 5.29. The minimum atomic E-state index is -1.36. The van der Waals surface area contributed by atoms with Gasteiger partial charge >= 0.3 is 6.16 Å². The number of hydrogen-bond acceptors (Lipinski definition) is 5. The number of rotatable bonds is 7. The Hall–Kier alpha value is -4.07. The summed E-state index contributed by atoms with van der Waals surface area (Å²) in [6.45, 7) is 1.88. The van der Waals surface area contributed by atoms with E-state index in [-0.39, 0.29) is 17.2 Å². The van der Waals surface area contributed by atoms with Gasteiger partial charge in [0.05, 0.1) is 5.71 Å². The summed E-state index contributed by atoms with van der Waals surface area (Å²) in [5, 5.41) is 23.3. The van der Waals surface area contributed by atoms with Crippen LogP contribution in [0, 0.1) is 6.92 Å². The molecule has 4 rings (SSSR count). The van der Waals surface area contributed by atoms with Crippen molar-refractivity contribution in [1.29, 1.82) is 0 Å². The summed E-state index contributed by atoms with van der Waals surface area (Å²) < 4.78 is 6.17. The summed E-state index contributed by atoms with van der Waals surface area (Å²) in [7, 11) is 1.63. The molecule has 7 nitrogen and oxygen atoms in total. The van der Waals surface area contributed by atoms with Gasteiger partial charge in [0, 0.05) is 47.3 Å². The number of hydrogen-bond donors (Lipinski definition) is 2. The maximum absolute atomic E-state index is 11.9. The van der Waals surface area contributed by atoms with Crippen molar-refractivity contribution in [2.45, 2.75) is 19.3 Å². The third-order valence-electron chi connectivity index (χ3n) is 6.30. The highest BCUT2D eigenvalue weighted by Crippen LogP contribution is 2.37. The van der Waals surface area contributed by atoms with Crippen LogP contribution in [0.5, 0.6) is 5.75 Å². The molecule has 0 spiro atoms. The molecule has 1 atom stereocenters. The molecule has 0 aliphatic carbocycles. The molecule has 0 saturated carbocycles. The lowest BCUT2D eigenvalue weighted by molar-refractivity contribution is 0.144.